The summed E-state index contributed by atoms with van der Waals surface area (Å²) in [4.78, 5) is 11.0. The van der Waals surface area contributed by atoms with Crippen LogP contribution in [0.1, 0.15) is 11.3 Å². The van der Waals surface area contributed by atoms with E-state index in [2.05, 4.69) is 0 Å². The molecule has 0 fully saturated rings. The summed E-state index contributed by atoms with van der Waals surface area (Å²) in [5.74, 6) is -0.830. The van der Waals surface area contributed by atoms with Gasteiger partial charge in [0.15, 0.2) is 11.6 Å². The number of carbonyl (C=O) groups is 1. The normalized spacial score (nSPS) is 10.8. The van der Waals surface area contributed by atoms with E-state index in [1.807, 2.05) is 16.8 Å². The van der Waals surface area contributed by atoms with Crippen LogP contribution in [-0.4, -0.2) is 22.8 Å². The zero-order valence-corrected chi connectivity index (χ0v) is 11.4. The molecule has 0 saturated carbocycles. The smallest absolute Gasteiger partial charge is 0.267 e. The van der Waals surface area contributed by atoms with Crippen LogP contribution in [0.5, 0.6) is 5.75 Å². The van der Waals surface area contributed by atoms with E-state index in [1.165, 1.54) is 24.7 Å². The highest BCUT2D eigenvalue weighted by molar-refractivity contribution is 5.90. The van der Waals surface area contributed by atoms with Crippen LogP contribution in [0.15, 0.2) is 42.6 Å². The molecule has 1 amide bonds. The molecule has 0 atom stereocenters. The number of methoxy groups -OCH3 is 1. The number of nitrogens with zero attached hydrogens (tertiary/aromatic N) is 1. The first-order valence-electron chi connectivity index (χ1n) is 6.23. The first-order chi connectivity index (χ1) is 10.1. The number of halogens is 1. The van der Waals surface area contributed by atoms with Gasteiger partial charge in [-0.15, -0.1) is 0 Å². The Hall–Kier alpha value is -2.60. The van der Waals surface area contributed by atoms with E-state index in [0.29, 0.717) is 6.54 Å². The average molecular weight is 290 g/mol. The van der Waals surface area contributed by atoms with Crippen LogP contribution in [0.3, 0.4) is 0 Å². The van der Waals surface area contributed by atoms with Crippen molar-refractivity contribution in [3.05, 3.63) is 59.7 Å². The average Bonchev–Trinajstić information content (AvgIpc) is 2.92. The number of nitrogens with one attached hydrogen (secondary N) is 1. The molecule has 0 bridgehead atoms. The maximum Gasteiger partial charge on any atom is 0.267 e. The third-order valence-electron chi connectivity index (χ3n) is 2.95. The molecule has 0 aliphatic rings. The molecule has 21 heavy (non-hydrogen) atoms. The van der Waals surface area contributed by atoms with E-state index < -0.39 is 11.7 Å². The highest BCUT2D eigenvalue weighted by atomic mass is 19.1. The highest BCUT2D eigenvalue weighted by Gasteiger charge is 2.05. The van der Waals surface area contributed by atoms with Crippen LogP contribution < -0.4 is 10.2 Å². The number of carbonyl (C=O) groups excluding carboxylic acids is 1. The summed E-state index contributed by atoms with van der Waals surface area (Å²) in [6.45, 7) is 0.453. The van der Waals surface area contributed by atoms with Crippen molar-refractivity contribution in [2.24, 2.45) is 0 Å². The molecule has 1 aromatic heterocycles. The van der Waals surface area contributed by atoms with Crippen LogP contribution in [0, 0.1) is 5.82 Å². The Balaban J connectivity index is 2.17. The van der Waals surface area contributed by atoms with Crippen LogP contribution in [-0.2, 0) is 11.3 Å². The van der Waals surface area contributed by atoms with Gasteiger partial charge in [0.2, 0.25) is 0 Å². The number of rotatable bonds is 5. The Morgan fingerprint density at radius 3 is 2.95 bits per heavy atom. The molecule has 1 aromatic carbocycles. The fourth-order valence-electron chi connectivity index (χ4n) is 1.93. The predicted molar refractivity (Wildman–Crippen MR) is 75.4 cm³/mol. The van der Waals surface area contributed by atoms with E-state index in [1.54, 1.807) is 24.3 Å². The Morgan fingerprint density at radius 1 is 1.48 bits per heavy atom. The lowest BCUT2D eigenvalue weighted by Gasteiger charge is -2.08. The van der Waals surface area contributed by atoms with Gasteiger partial charge in [0.1, 0.15) is 0 Å². The molecule has 0 spiro atoms. The summed E-state index contributed by atoms with van der Waals surface area (Å²) in [6.07, 6.45) is 4.59. The SMILES string of the molecule is COc1ccc(Cn2cccc2/C=C/C(=O)NO)cc1F. The molecule has 2 rings (SSSR count). The molecule has 0 unspecified atom stereocenters. The Bertz CT molecular complexity index is 665. The maximum absolute atomic E-state index is 13.7. The Morgan fingerprint density at radius 2 is 2.29 bits per heavy atom. The minimum atomic E-state index is -0.613. The number of ether oxygens (including phenoxy) is 1. The molecule has 110 valence electrons. The summed E-state index contributed by atoms with van der Waals surface area (Å²) < 4.78 is 20.4. The van der Waals surface area contributed by atoms with Crippen molar-refractivity contribution in [3.8, 4) is 5.75 Å². The number of hydrogen-bond acceptors (Lipinski definition) is 3. The van der Waals surface area contributed by atoms with Crippen molar-refractivity contribution in [1.82, 2.24) is 10.0 Å². The van der Waals surface area contributed by atoms with Gasteiger partial charge in [0, 0.05) is 24.5 Å². The minimum absolute atomic E-state index is 0.200. The van der Waals surface area contributed by atoms with E-state index >= 15 is 0 Å². The van der Waals surface area contributed by atoms with Gasteiger partial charge in [0.05, 0.1) is 7.11 Å². The van der Waals surface area contributed by atoms with Gasteiger partial charge in [-0.25, -0.2) is 9.87 Å². The van der Waals surface area contributed by atoms with E-state index in [0.717, 1.165) is 11.3 Å². The third-order valence-corrected chi connectivity index (χ3v) is 2.95. The zero-order valence-electron chi connectivity index (χ0n) is 11.4. The second-order valence-corrected chi connectivity index (χ2v) is 4.34. The number of hydrogen-bond donors (Lipinski definition) is 2. The molecule has 0 saturated heterocycles. The predicted octanol–water partition coefficient (Wildman–Crippen LogP) is 2.20. The summed E-state index contributed by atoms with van der Waals surface area (Å²) in [6, 6.07) is 8.38. The Kier molecular flexibility index (Phi) is 4.73. The second-order valence-electron chi connectivity index (χ2n) is 4.34. The molecule has 0 radical (unpaired) electrons. The van der Waals surface area contributed by atoms with Crippen LogP contribution >= 0.6 is 0 Å². The molecule has 1 heterocycles. The fraction of sp³-hybridized carbons (Fsp3) is 0.133. The Labute approximate surface area is 121 Å². The van der Waals surface area contributed by atoms with Crippen LogP contribution in [0.2, 0.25) is 0 Å². The summed E-state index contributed by atoms with van der Waals surface area (Å²) in [7, 11) is 1.42. The molecule has 2 aromatic rings. The van der Waals surface area contributed by atoms with Gasteiger partial charge in [0.25, 0.3) is 5.91 Å². The first-order valence-corrected chi connectivity index (χ1v) is 6.23. The van der Waals surface area contributed by atoms with Crippen molar-refractivity contribution >= 4 is 12.0 Å². The first kappa shape index (κ1) is 14.8. The molecule has 6 heteroatoms. The number of amides is 1. The maximum atomic E-state index is 13.7. The van der Waals surface area contributed by atoms with Crippen LogP contribution in [0.4, 0.5) is 4.39 Å². The third kappa shape index (κ3) is 3.70. The van der Waals surface area contributed by atoms with Crippen molar-refractivity contribution < 1.29 is 19.1 Å². The largest absolute Gasteiger partial charge is 0.494 e. The summed E-state index contributed by atoms with van der Waals surface area (Å²) >= 11 is 0. The number of benzene rings is 1. The lowest BCUT2D eigenvalue weighted by Crippen LogP contribution is -2.15. The van der Waals surface area contributed by atoms with Gasteiger partial charge in [-0.1, -0.05) is 6.07 Å². The molecule has 2 N–H and O–H groups in total. The van der Waals surface area contributed by atoms with Crippen molar-refractivity contribution in [1.29, 1.82) is 0 Å². The van der Waals surface area contributed by atoms with E-state index in [-0.39, 0.29) is 5.75 Å². The number of hydroxylamine groups is 1. The summed E-state index contributed by atoms with van der Waals surface area (Å²) in [5, 5.41) is 8.44. The van der Waals surface area contributed by atoms with Gasteiger partial charge in [-0.05, 0) is 35.9 Å². The lowest BCUT2D eigenvalue weighted by atomic mass is 10.2. The monoisotopic (exact) mass is 290 g/mol. The van der Waals surface area contributed by atoms with Gasteiger partial charge in [-0.3, -0.25) is 10.0 Å². The molecule has 0 aliphatic carbocycles. The zero-order chi connectivity index (χ0) is 15.2. The molecular formula is C15H15FN2O3. The highest BCUT2D eigenvalue weighted by Crippen LogP contribution is 2.19. The lowest BCUT2D eigenvalue weighted by molar-refractivity contribution is -0.124. The second kappa shape index (κ2) is 6.71. The fourth-order valence-corrected chi connectivity index (χ4v) is 1.93. The molecular weight excluding hydrogens is 275 g/mol. The van der Waals surface area contributed by atoms with E-state index in [4.69, 9.17) is 9.94 Å². The van der Waals surface area contributed by atoms with Crippen molar-refractivity contribution in [3.63, 3.8) is 0 Å². The number of aromatic nitrogens is 1. The minimum Gasteiger partial charge on any atom is -0.494 e. The van der Waals surface area contributed by atoms with Gasteiger partial charge >= 0.3 is 0 Å². The van der Waals surface area contributed by atoms with Crippen molar-refractivity contribution in [2.45, 2.75) is 6.54 Å². The molecule has 5 nitrogen and oxygen atoms in total. The standard InChI is InChI=1S/C15H15FN2O3/c1-21-14-6-4-11(9-13(14)16)10-18-8-2-3-12(18)5-7-15(19)17-20/h2-9,20H,10H2,1H3,(H,17,19)/b7-5+. The van der Waals surface area contributed by atoms with Gasteiger partial charge < -0.3 is 9.30 Å². The van der Waals surface area contributed by atoms with E-state index in [9.17, 15) is 9.18 Å². The summed E-state index contributed by atoms with van der Waals surface area (Å²) in [5.41, 5.74) is 3.05. The van der Waals surface area contributed by atoms with Gasteiger partial charge in [-0.2, -0.15) is 0 Å². The molecule has 0 aliphatic heterocycles. The van der Waals surface area contributed by atoms with Crippen LogP contribution in [0.25, 0.3) is 6.08 Å². The van der Waals surface area contributed by atoms with Crippen molar-refractivity contribution in [2.75, 3.05) is 7.11 Å². The topological polar surface area (TPSA) is 63.5 Å². The quantitative estimate of drug-likeness (QED) is 0.504.